The Kier molecular flexibility index (Phi) is 5.27. The molecule has 0 aromatic heterocycles. The molecule has 0 bridgehead atoms. The minimum absolute atomic E-state index is 0.570. The second-order valence-electron chi connectivity index (χ2n) is 2.99. The Labute approximate surface area is 88.8 Å². The fraction of sp³-hybridized carbons (Fsp3) is 0.364. The summed E-state index contributed by atoms with van der Waals surface area (Å²) < 4.78 is 5.36. The van der Waals surface area contributed by atoms with Gasteiger partial charge in [0.05, 0.1) is 6.61 Å². The molecule has 0 fully saturated rings. The van der Waals surface area contributed by atoms with Crippen LogP contribution in [-0.2, 0) is 16.1 Å². The van der Waals surface area contributed by atoms with E-state index in [0.29, 0.717) is 19.6 Å². The second kappa shape index (κ2) is 6.57. The Balaban J connectivity index is 2.18. The van der Waals surface area contributed by atoms with Gasteiger partial charge in [-0.05, 0) is 24.1 Å². The Morgan fingerprint density at radius 3 is 2.64 bits per heavy atom. The third-order valence-electron chi connectivity index (χ3n) is 1.79. The monoisotopic (exact) mass is 212 g/mol. The maximum Gasteiger partial charge on any atom is 0.120 e. The molecule has 0 atom stereocenters. The van der Waals surface area contributed by atoms with Crippen LogP contribution in [0.25, 0.3) is 0 Å². The van der Waals surface area contributed by atoms with Gasteiger partial charge >= 0.3 is 0 Å². The largest absolute Gasteiger partial charge is 0.377 e. The number of hydrogen-bond donors (Lipinski definition) is 0. The van der Waals surface area contributed by atoms with E-state index >= 15 is 0 Å². The first-order valence-corrected chi connectivity index (χ1v) is 4.96. The molecule has 1 aromatic carbocycles. The highest BCUT2D eigenvalue weighted by Gasteiger charge is 1.93. The van der Waals surface area contributed by atoms with E-state index in [0.717, 1.165) is 23.3 Å². The van der Waals surface area contributed by atoms with Crippen molar-refractivity contribution in [2.75, 3.05) is 6.61 Å². The molecule has 1 rings (SSSR count). The van der Waals surface area contributed by atoms with E-state index in [4.69, 9.17) is 16.3 Å². The average Bonchev–Trinajstić information content (AvgIpc) is 2.21. The van der Waals surface area contributed by atoms with Crippen LogP contribution in [-0.4, -0.2) is 12.9 Å². The van der Waals surface area contributed by atoms with Crippen LogP contribution in [0.5, 0.6) is 0 Å². The van der Waals surface area contributed by atoms with Gasteiger partial charge in [-0.1, -0.05) is 23.7 Å². The molecule has 0 aliphatic rings. The lowest BCUT2D eigenvalue weighted by atomic mass is 10.2. The summed E-state index contributed by atoms with van der Waals surface area (Å²) in [6, 6.07) is 7.54. The number of carbonyl (C=O) groups excluding carboxylic acids is 1. The molecule has 0 N–H and O–H groups in total. The van der Waals surface area contributed by atoms with Crippen LogP contribution >= 0.6 is 11.6 Å². The number of ether oxygens (including phenoxy) is 1. The molecule has 0 radical (unpaired) electrons. The molecule has 0 unspecified atom stereocenters. The van der Waals surface area contributed by atoms with E-state index in [-0.39, 0.29) is 0 Å². The highest BCUT2D eigenvalue weighted by molar-refractivity contribution is 6.30. The summed E-state index contributed by atoms with van der Waals surface area (Å²) in [7, 11) is 0. The van der Waals surface area contributed by atoms with Crippen molar-refractivity contribution in [1.82, 2.24) is 0 Å². The molecular formula is C11H13ClO2. The molecule has 0 aliphatic heterocycles. The van der Waals surface area contributed by atoms with Crippen molar-refractivity contribution in [1.29, 1.82) is 0 Å². The van der Waals surface area contributed by atoms with Crippen molar-refractivity contribution < 1.29 is 9.53 Å². The van der Waals surface area contributed by atoms with Gasteiger partial charge in [-0.15, -0.1) is 0 Å². The van der Waals surface area contributed by atoms with Crippen LogP contribution in [0.4, 0.5) is 0 Å². The highest BCUT2D eigenvalue weighted by Crippen LogP contribution is 2.10. The summed E-state index contributed by atoms with van der Waals surface area (Å²) in [5, 5.41) is 0.731. The van der Waals surface area contributed by atoms with Crippen molar-refractivity contribution in [2.45, 2.75) is 19.4 Å². The van der Waals surface area contributed by atoms with E-state index in [9.17, 15) is 4.79 Å². The summed E-state index contributed by atoms with van der Waals surface area (Å²) in [4.78, 5) is 10.0. The fourth-order valence-electron chi connectivity index (χ4n) is 1.04. The summed E-state index contributed by atoms with van der Waals surface area (Å²) in [5.74, 6) is 0. The van der Waals surface area contributed by atoms with E-state index in [1.54, 1.807) is 0 Å². The van der Waals surface area contributed by atoms with E-state index < -0.39 is 0 Å². The lowest BCUT2D eigenvalue weighted by Gasteiger charge is -2.02. The first kappa shape index (κ1) is 11.2. The van der Waals surface area contributed by atoms with Gasteiger partial charge in [0.1, 0.15) is 6.29 Å². The summed E-state index contributed by atoms with van der Waals surface area (Å²) in [6.07, 6.45) is 2.27. The topological polar surface area (TPSA) is 26.3 Å². The van der Waals surface area contributed by atoms with Gasteiger partial charge in [0.15, 0.2) is 0 Å². The highest BCUT2D eigenvalue weighted by atomic mass is 35.5. The van der Waals surface area contributed by atoms with Crippen molar-refractivity contribution in [2.24, 2.45) is 0 Å². The number of unbranched alkanes of at least 4 members (excludes halogenated alkanes) is 1. The van der Waals surface area contributed by atoms with Crippen LogP contribution in [0.1, 0.15) is 18.4 Å². The fourth-order valence-corrected chi connectivity index (χ4v) is 1.17. The van der Waals surface area contributed by atoms with E-state index in [1.807, 2.05) is 24.3 Å². The van der Waals surface area contributed by atoms with Crippen molar-refractivity contribution in [3.63, 3.8) is 0 Å². The predicted octanol–water partition coefficient (Wildman–Crippen LogP) is 2.84. The smallest absolute Gasteiger partial charge is 0.120 e. The van der Waals surface area contributed by atoms with Crippen LogP contribution in [0.15, 0.2) is 24.3 Å². The first-order valence-electron chi connectivity index (χ1n) is 4.59. The van der Waals surface area contributed by atoms with Gasteiger partial charge in [-0.2, -0.15) is 0 Å². The van der Waals surface area contributed by atoms with E-state index in [1.165, 1.54) is 0 Å². The van der Waals surface area contributed by atoms with Gasteiger partial charge in [0.2, 0.25) is 0 Å². The van der Waals surface area contributed by atoms with E-state index in [2.05, 4.69) is 0 Å². The number of hydrogen-bond acceptors (Lipinski definition) is 2. The molecule has 0 saturated carbocycles. The lowest BCUT2D eigenvalue weighted by molar-refractivity contribution is -0.108. The number of rotatable bonds is 6. The molecule has 0 amide bonds. The number of benzene rings is 1. The number of halogens is 1. The lowest BCUT2D eigenvalue weighted by Crippen LogP contribution is -1.95. The Hall–Kier alpha value is -0.860. The zero-order valence-corrected chi connectivity index (χ0v) is 8.67. The molecule has 2 nitrogen and oxygen atoms in total. The number of carbonyl (C=O) groups is 1. The second-order valence-corrected chi connectivity index (χ2v) is 3.42. The first-order chi connectivity index (χ1) is 6.83. The molecule has 76 valence electrons. The summed E-state index contributed by atoms with van der Waals surface area (Å²) >= 11 is 5.73. The van der Waals surface area contributed by atoms with Crippen molar-refractivity contribution in [3.8, 4) is 0 Å². The third-order valence-corrected chi connectivity index (χ3v) is 2.04. The van der Waals surface area contributed by atoms with Crippen molar-refractivity contribution in [3.05, 3.63) is 34.9 Å². The number of aldehydes is 1. The molecular weight excluding hydrogens is 200 g/mol. The van der Waals surface area contributed by atoms with Crippen LogP contribution < -0.4 is 0 Å². The average molecular weight is 213 g/mol. The Bertz CT molecular complexity index is 269. The van der Waals surface area contributed by atoms with Crippen LogP contribution in [0.3, 0.4) is 0 Å². The summed E-state index contributed by atoms with van der Waals surface area (Å²) in [5.41, 5.74) is 1.10. The van der Waals surface area contributed by atoms with Gasteiger partial charge in [-0.25, -0.2) is 0 Å². The molecule has 14 heavy (non-hydrogen) atoms. The quantitative estimate of drug-likeness (QED) is 0.536. The maximum absolute atomic E-state index is 10.0. The standard InChI is InChI=1S/C11H13ClO2/c12-11-5-3-10(4-6-11)9-14-8-2-1-7-13/h3-7H,1-2,8-9H2. The maximum atomic E-state index is 10.0. The summed E-state index contributed by atoms with van der Waals surface area (Å²) in [6.45, 7) is 1.21. The molecule has 0 heterocycles. The molecule has 1 aromatic rings. The van der Waals surface area contributed by atoms with Crippen LogP contribution in [0, 0.1) is 0 Å². The third kappa shape index (κ3) is 4.40. The molecule has 0 spiro atoms. The SMILES string of the molecule is O=CCCCOCc1ccc(Cl)cc1. The molecule has 0 aliphatic carbocycles. The van der Waals surface area contributed by atoms with Gasteiger partial charge < -0.3 is 9.53 Å². The molecule has 0 saturated heterocycles. The van der Waals surface area contributed by atoms with Gasteiger partial charge in [0, 0.05) is 18.1 Å². The zero-order chi connectivity index (χ0) is 10.2. The van der Waals surface area contributed by atoms with Gasteiger partial charge in [-0.3, -0.25) is 0 Å². The minimum Gasteiger partial charge on any atom is -0.377 e. The molecule has 3 heteroatoms. The Morgan fingerprint density at radius 2 is 2.00 bits per heavy atom. The predicted molar refractivity (Wildman–Crippen MR) is 56.4 cm³/mol. The zero-order valence-electron chi connectivity index (χ0n) is 7.91. The normalized spacial score (nSPS) is 10.1. The minimum atomic E-state index is 0.570. The van der Waals surface area contributed by atoms with Crippen molar-refractivity contribution >= 4 is 17.9 Å². The Morgan fingerprint density at radius 1 is 1.29 bits per heavy atom. The van der Waals surface area contributed by atoms with Crippen LogP contribution in [0.2, 0.25) is 5.02 Å². The van der Waals surface area contributed by atoms with Gasteiger partial charge in [0.25, 0.3) is 0 Å².